The summed E-state index contributed by atoms with van der Waals surface area (Å²) in [5, 5.41) is 3.44. The van der Waals surface area contributed by atoms with E-state index in [4.69, 9.17) is 0 Å². The zero-order valence-corrected chi connectivity index (χ0v) is 11.1. The van der Waals surface area contributed by atoms with E-state index in [2.05, 4.69) is 9.44 Å². The minimum absolute atomic E-state index is 0.00755. The van der Waals surface area contributed by atoms with Crippen molar-refractivity contribution in [3.8, 4) is 0 Å². The van der Waals surface area contributed by atoms with Gasteiger partial charge in [-0.25, -0.2) is 0 Å². The SMILES string of the molecule is CCC(=O)C(CC)=NOS(=O)(=O)c1ccccc1. The van der Waals surface area contributed by atoms with E-state index in [1.807, 2.05) is 0 Å². The first kappa shape index (κ1) is 14.4. The van der Waals surface area contributed by atoms with Crippen LogP contribution < -0.4 is 0 Å². The summed E-state index contributed by atoms with van der Waals surface area (Å²) in [4.78, 5) is 11.4. The number of Topliss-reactive ketones (excluding diaryl/α,β-unsaturated/α-hetero) is 1. The van der Waals surface area contributed by atoms with Gasteiger partial charge in [-0.3, -0.25) is 9.08 Å². The summed E-state index contributed by atoms with van der Waals surface area (Å²) >= 11 is 0. The van der Waals surface area contributed by atoms with Gasteiger partial charge in [-0.2, -0.15) is 8.42 Å². The third kappa shape index (κ3) is 3.66. The van der Waals surface area contributed by atoms with E-state index >= 15 is 0 Å². The maximum Gasteiger partial charge on any atom is 0.358 e. The molecule has 0 spiro atoms. The number of benzene rings is 1. The normalized spacial score (nSPS) is 12.2. The Bertz CT molecular complexity index is 534. The second kappa shape index (κ2) is 6.30. The quantitative estimate of drug-likeness (QED) is 0.586. The lowest BCUT2D eigenvalue weighted by molar-refractivity contribution is -0.112. The fourth-order valence-electron chi connectivity index (χ4n) is 1.24. The molecule has 0 aliphatic heterocycles. The predicted molar refractivity (Wildman–Crippen MR) is 67.7 cm³/mol. The zero-order chi connectivity index (χ0) is 13.6. The van der Waals surface area contributed by atoms with Gasteiger partial charge in [0.25, 0.3) is 0 Å². The monoisotopic (exact) mass is 269 g/mol. The van der Waals surface area contributed by atoms with Crippen LogP contribution in [0.2, 0.25) is 0 Å². The van der Waals surface area contributed by atoms with Crippen LogP contribution in [0.4, 0.5) is 0 Å². The summed E-state index contributed by atoms with van der Waals surface area (Å²) in [6, 6.07) is 7.66. The van der Waals surface area contributed by atoms with Crippen molar-refractivity contribution >= 4 is 21.6 Å². The standard InChI is InChI=1S/C12H15NO4S/c1-3-11(12(14)4-2)13-17-18(15,16)10-8-6-5-7-9-10/h5-9H,3-4H2,1-2H3. The van der Waals surface area contributed by atoms with E-state index in [-0.39, 0.29) is 22.8 Å². The van der Waals surface area contributed by atoms with Crippen molar-refractivity contribution in [2.24, 2.45) is 5.16 Å². The van der Waals surface area contributed by atoms with Crippen molar-refractivity contribution in [3.63, 3.8) is 0 Å². The van der Waals surface area contributed by atoms with Gasteiger partial charge in [-0.15, -0.1) is 0 Å². The van der Waals surface area contributed by atoms with Crippen molar-refractivity contribution in [1.82, 2.24) is 0 Å². The summed E-state index contributed by atoms with van der Waals surface area (Å²) in [6.07, 6.45) is 0.596. The van der Waals surface area contributed by atoms with E-state index in [0.29, 0.717) is 6.42 Å². The minimum atomic E-state index is -3.95. The predicted octanol–water partition coefficient (Wildman–Crippen LogP) is 2.14. The third-order valence-electron chi connectivity index (χ3n) is 2.26. The summed E-state index contributed by atoms with van der Waals surface area (Å²) in [6.45, 7) is 3.39. The highest BCUT2D eigenvalue weighted by Gasteiger charge is 2.16. The second-order valence-electron chi connectivity index (χ2n) is 3.51. The number of oxime groups is 1. The Morgan fingerprint density at radius 3 is 2.28 bits per heavy atom. The molecule has 1 aromatic carbocycles. The summed E-state index contributed by atoms with van der Waals surface area (Å²) in [5.74, 6) is -0.222. The lowest BCUT2D eigenvalue weighted by atomic mass is 10.1. The lowest BCUT2D eigenvalue weighted by Gasteiger charge is -2.03. The lowest BCUT2D eigenvalue weighted by Crippen LogP contribution is -2.13. The van der Waals surface area contributed by atoms with Gasteiger partial charge < -0.3 is 0 Å². The van der Waals surface area contributed by atoms with Crippen LogP contribution >= 0.6 is 0 Å². The van der Waals surface area contributed by atoms with Crippen molar-refractivity contribution < 1.29 is 17.5 Å². The summed E-state index contributed by atoms with van der Waals surface area (Å²) in [5.41, 5.74) is 0.122. The van der Waals surface area contributed by atoms with Gasteiger partial charge in [0.15, 0.2) is 5.78 Å². The van der Waals surface area contributed by atoms with Gasteiger partial charge in [-0.05, 0) is 18.6 Å². The molecule has 0 saturated heterocycles. The Kier molecular flexibility index (Phi) is 5.03. The highest BCUT2D eigenvalue weighted by atomic mass is 32.2. The first-order valence-electron chi connectivity index (χ1n) is 5.60. The van der Waals surface area contributed by atoms with E-state index in [0.717, 1.165) is 0 Å². The Balaban J connectivity index is 2.91. The Morgan fingerprint density at radius 1 is 1.17 bits per heavy atom. The molecule has 98 valence electrons. The molecule has 18 heavy (non-hydrogen) atoms. The van der Waals surface area contributed by atoms with Crippen LogP contribution in [0.3, 0.4) is 0 Å². The first-order chi connectivity index (χ1) is 8.51. The molecule has 0 aliphatic rings. The highest BCUT2D eigenvalue weighted by molar-refractivity contribution is 7.86. The molecule has 0 bridgehead atoms. The first-order valence-corrected chi connectivity index (χ1v) is 7.00. The molecule has 0 N–H and O–H groups in total. The van der Waals surface area contributed by atoms with Crippen LogP contribution in [-0.2, 0) is 19.2 Å². The molecule has 0 heterocycles. The van der Waals surface area contributed by atoms with Crippen LogP contribution in [0.25, 0.3) is 0 Å². The number of carbonyl (C=O) groups is 1. The molecule has 6 heteroatoms. The molecule has 1 aromatic rings. The molecule has 0 aliphatic carbocycles. The van der Waals surface area contributed by atoms with Crippen molar-refractivity contribution in [2.75, 3.05) is 0 Å². The number of nitrogens with zero attached hydrogens (tertiary/aromatic N) is 1. The smallest absolute Gasteiger partial charge is 0.293 e. The summed E-state index contributed by atoms with van der Waals surface area (Å²) < 4.78 is 28.0. The molecule has 0 amide bonds. The van der Waals surface area contributed by atoms with Crippen LogP contribution in [0, 0.1) is 0 Å². The highest BCUT2D eigenvalue weighted by Crippen LogP contribution is 2.12. The number of carbonyl (C=O) groups excluding carboxylic acids is 1. The van der Waals surface area contributed by atoms with Gasteiger partial charge in [0.05, 0.1) is 0 Å². The second-order valence-corrected chi connectivity index (χ2v) is 5.04. The fourth-order valence-corrected chi connectivity index (χ4v) is 2.01. The Labute approximate surface area is 107 Å². The topological polar surface area (TPSA) is 72.8 Å². The van der Waals surface area contributed by atoms with E-state index in [9.17, 15) is 13.2 Å². The molecule has 0 radical (unpaired) electrons. The van der Waals surface area contributed by atoms with Gasteiger partial charge >= 0.3 is 10.1 Å². The van der Waals surface area contributed by atoms with Crippen molar-refractivity contribution in [3.05, 3.63) is 30.3 Å². The van der Waals surface area contributed by atoms with E-state index in [1.54, 1.807) is 32.0 Å². The van der Waals surface area contributed by atoms with E-state index < -0.39 is 10.1 Å². The third-order valence-corrected chi connectivity index (χ3v) is 3.38. The van der Waals surface area contributed by atoms with Gasteiger partial charge in [-0.1, -0.05) is 37.2 Å². The van der Waals surface area contributed by atoms with Crippen molar-refractivity contribution in [2.45, 2.75) is 31.6 Å². The maximum absolute atomic E-state index is 11.7. The zero-order valence-electron chi connectivity index (χ0n) is 10.3. The van der Waals surface area contributed by atoms with Crippen LogP contribution in [0.5, 0.6) is 0 Å². The fraction of sp³-hybridized carbons (Fsp3) is 0.333. The van der Waals surface area contributed by atoms with Gasteiger partial charge in [0.2, 0.25) is 0 Å². The summed E-state index contributed by atoms with van der Waals surface area (Å²) in [7, 11) is -3.95. The Hall–Kier alpha value is -1.69. The van der Waals surface area contributed by atoms with Gasteiger partial charge in [0.1, 0.15) is 10.6 Å². The molecule has 0 atom stereocenters. The average Bonchev–Trinajstić information content (AvgIpc) is 2.40. The Morgan fingerprint density at radius 2 is 1.78 bits per heavy atom. The minimum Gasteiger partial charge on any atom is -0.293 e. The molecule has 1 rings (SSSR count). The molecule has 5 nitrogen and oxygen atoms in total. The molecular weight excluding hydrogens is 254 g/mol. The number of ketones is 1. The number of hydrogen-bond acceptors (Lipinski definition) is 5. The average molecular weight is 269 g/mol. The van der Waals surface area contributed by atoms with Crippen LogP contribution in [-0.4, -0.2) is 19.9 Å². The van der Waals surface area contributed by atoms with Crippen LogP contribution in [0.15, 0.2) is 40.4 Å². The molecular formula is C12H15NO4S. The molecule has 0 fully saturated rings. The molecule has 0 saturated carbocycles. The van der Waals surface area contributed by atoms with Crippen LogP contribution in [0.1, 0.15) is 26.7 Å². The van der Waals surface area contributed by atoms with E-state index in [1.165, 1.54) is 12.1 Å². The molecule has 0 unspecified atom stereocenters. The van der Waals surface area contributed by atoms with Crippen molar-refractivity contribution in [1.29, 1.82) is 0 Å². The largest absolute Gasteiger partial charge is 0.358 e. The maximum atomic E-state index is 11.7. The van der Waals surface area contributed by atoms with Gasteiger partial charge in [0, 0.05) is 6.42 Å². The molecule has 0 aromatic heterocycles. The number of hydrogen-bond donors (Lipinski definition) is 0. The number of rotatable bonds is 6.